The van der Waals surface area contributed by atoms with E-state index in [1.807, 2.05) is 0 Å². The first-order valence-corrected chi connectivity index (χ1v) is 16.1. The highest BCUT2D eigenvalue weighted by atomic mass is 32.2. The number of anilines is 2. The summed E-state index contributed by atoms with van der Waals surface area (Å²) in [6, 6.07) is 8.12. The monoisotopic (exact) mass is 674 g/mol. The minimum Gasteiger partial charge on any atom is -0.493 e. The Bertz CT molecular complexity index is 1800. The molecule has 47 heavy (non-hydrogen) atoms. The fourth-order valence-corrected chi connectivity index (χ4v) is 6.70. The Morgan fingerprint density at radius 1 is 0.957 bits per heavy atom. The number of hydrogen-bond acceptors (Lipinski definition) is 9. The second-order valence-electron chi connectivity index (χ2n) is 11.0. The van der Waals surface area contributed by atoms with Gasteiger partial charge in [0, 0.05) is 18.3 Å². The van der Waals surface area contributed by atoms with Gasteiger partial charge in [-0.05, 0) is 74.2 Å². The molecule has 1 aliphatic rings. The van der Waals surface area contributed by atoms with Crippen LogP contribution >= 0.6 is 0 Å². The van der Waals surface area contributed by atoms with E-state index in [2.05, 4.69) is 15.4 Å². The van der Waals surface area contributed by atoms with Crippen molar-refractivity contribution in [3.63, 3.8) is 0 Å². The Labute approximate surface area is 271 Å². The van der Waals surface area contributed by atoms with E-state index in [1.54, 1.807) is 12.1 Å². The summed E-state index contributed by atoms with van der Waals surface area (Å²) in [5.41, 5.74) is 5.13. The molecule has 3 aromatic rings. The van der Waals surface area contributed by atoms with Crippen molar-refractivity contribution in [3.05, 3.63) is 76.9 Å². The van der Waals surface area contributed by atoms with Crippen LogP contribution in [0.5, 0.6) is 11.5 Å². The molecule has 4 rings (SSSR count). The molecule has 1 saturated heterocycles. The Kier molecular flexibility index (Phi) is 10.6. The molecule has 0 aliphatic carbocycles. The number of halogens is 2. The molecule has 0 radical (unpaired) electrons. The van der Waals surface area contributed by atoms with E-state index in [1.165, 1.54) is 64.3 Å². The smallest absolute Gasteiger partial charge is 0.411 e. The molecule has 0 spiro atoms. The summed E-state index contributed by atoms with van der Waals surface area (Å²) in [5.74, 6) is -3.39. The first-order chi connectivity index (χ1) is 22.2. The lowest BCUT2D eigenvalue weighted by atomic mass is 10.00. The number of nitrogens with two attached hydrogens (primary N) is 1. The minimum atomic E-state index is -3.86. The average Bonchev–Trinajstić information content (AvgIpc) is 3.53. The second kappa shape index (κ2) is 14.2. The maximum absolute atomic E-state index is 15.1. The van der Waals surface area contributed by atoms with Crippen LogP contribution in [0.2, 0.25) is 0 Å². The summed E-state index contributed by atoms with van der Waals surface area (Å²) < 4.78 is 71.9. The molecule has 15 heteroatoms. The molecule has 252 valence electrons. The molecule has 3 aromatic carbocycles. The molecule has 4 N–H and O–H groups in total. The predicted molar refractivity (Wildman–Crippen MR) is 169 cm³/mol. The number of amides is 3. The van der Waals surface area contributed by atoms with Crippen molar-refractivity contribution in [1.82, 2.24) is 4.90 Å². The third kappa shape index (κ3) is 7.24. The zero-order valence-electron chi connectivity index (χ0n) is 26.4. The van der Waals surface area contributed by atoms with Gasteiger partial charge in [0.05, 0.1) is 48.8 Å². The molecule has 12 nitrogen and oxygen atoms in total. The molecule has 0 aromatic heterocycles. The predicted octanol–water partition coefficient (Wildman–Crippen LogP) is 4.96. The van der Waals surface area contributed by atoms with Crippen molar-refractivity contribution in [2.75, 3.05) is 38.5 Å². The van der Waals surface area contributed by atoms with Gasteiger partial charge in [-0.25, -0.2) is 22.0 Å². The van der Waals surface area contributed by atoms with Crippen LogP contribution in [0.15, 0.2) is 53.4 Å². The summed E-state index contributed by atoms with van der Waals surface area (Å²) in [4.78, 5) is 39.8. The van der Waals surface area contributed by atoms with Gasteiger partial charge in [-0.15, -0.1) is 0 Å². The van der Waals surface area contributed by atoms with E-state index < -0.39 is 62.3 Å². The Morgan fingerprint density at radius 2 is 1.66 bits per heavy atom. The van der Waals surface area contributed by atoms with Gasteiger partial charge < -0.3 is 30.2 Å². The summed E-state index contributed by atoms with van der Waals surface area (Å²) >= 11 is 0. The van der Waals surface area contributed by atoms with Crippen LogP contribution in [0, 0.1) is 11.6 Å². The number of likely N-dealkylation sites (tertiary alicyclic amines) is 1. The van der Waals surface area contributed by atoms with E-state index >= 15 is 4.39 Å². The fraction of sp³-hybridized carbons (Fsp3) is 0.344. The summed E-state index contributed by atoms with van der Waals surface area (Å²) in [5, 5.41) is 4.53. The normalized spacial score (nSPS) is 15.2. The molecular weight excluding hydrogens is 638 g/mol. The standard InChI is InChI=1S/C32H36F2N4O8S/c1-17(2)47(42,43)28-11-9-19(36-32(41)46-5)14-21(28)25-7-6-12-38(25)31(40)29(18-8-10-26(44-3)27(13-18)45-4)37-24-15-20(30(35)39)22(33)16-23(24)34/h8-11,13-17,25,29,37H,6-7,12H2,1-5H3,(H2,35,39)(H,36,41). The number of ether oxygens (including phenoxy) is 3. The van der Waals surface area contributed by atoms with Gasteiger partial charge in [0.1, 0.15) is 17.7 Å². The van der Waals surface area contributed by atoms with E-state index in [0.717, 1.165) is 6.07 Å². The highest BCUT2D eigenvalue weighted by Gasteiger charge is 2.38. The maximum Gasteiger partial charge on any atom is 0.411 e. The molecule has 2 atom stereocenters. The molecule has 3 amide bonds. The Morgan fingerprint density at radius 3 is 2.28 bits per heavy atom. The molecule has 0 saturated carbocycles. The van der Waals surface area contributed by atoms with Crippen LogP contribution in [0.25, 0.3) is 0 Å². The van der Waals surface area contributed by atoms with Crippen molar-refractivity contribution in [2.45, 2.75) is 48.9 Å². The number of hydrogen-bond donors (Lipinski definition) is 3. The van der Waals surface area contributed by atoms with Crippen LogP contribution in [-0.4, -0.2) is 64.3 Å². The quantitative estimate of drug-likeness (QED) is 0.255. The Balaban J connectivity index is 1.86. The third-order valence-electron chi connectivity index (χ3n) is 7.87. The van der Waals surface area contributed by atoms with Crippen molar-refractivity contribution >= 4 is 39.1 Å². The zero-order chi connectivity index (χ0) is 34.6. The van der Waals surface area contributed by atoms with E-state index in [9.17, 15) is 27.2 Å². The SMILES string of the molecule is COC(=O)Nc1ccc(S(=O)(=O)C(C)C)c(C2CCCN2C(=O)C(Nc2cc(C(N)=O)c(F)cc2F)c2ccc(OC)c(OC)c2)c1. The number of primary amides is 1. The number of nitrogens with one attached hydrogen (secondary N) is 2. The van der Waals surface area contributed by atoms with Gasteiger partial charge in [0.2, 0.25) is 5.91 Å². The van der Waals surface area contributed by atoms with Gasteiger partial charge in [-0.3, -0.25) is 14.9 Å². The van der Waals surface area contributed by atoms with Crippen LogP contribution in [-0.2, 0) is 19.4 Å². The Hall–Kier alpha value is -4.92. The average molecular weight is 675 g/mol. The first-order valence-electron chi connectivity index (χ1n) is 14.5. The molecule has 1 aliphatic heterocycles. The number of methoxy groups -OCH3 is 3. The molecule has 1 fully saturated rings. The highest BCUT2D eigenvalue weighted by Crippen LogP contribution is 2.41. The van der Waals surface area contributed by atoms with Crippen molar-refractivity contribution in [1.29, 1.82) is 0 Å². The summed E-state index contributed by atoms with van der Waals surface area (Å²) in [6.45, 7) is 3.26. The van der Waals surface area contributed by atoms with Crippen LogP contribution < -0.4 is 25.8 Å². The molecule has 1 heterocycles. The van der Waals surface area contributed by atoms with Crippen LogP contribution in [0.1, 0.15) is 60.3 Å². The maximum atomic E-state index is 15.1. The van der Waals surface area contributed by atoms with Crippen LogP contribution in [0.3, 0.4) is 0 Å². The summed E-state index contributed by atoms with van der Waals surface area (Å²) in [7, 11) is 0.146. The van der Waals surface area contributed by atoms with Crippen LogP contribution in [0.4, 0.5) is 25.0 Å². The van der Waals surface area contributed by atoms with Gasteiger partial charge in [0.25, 0.3) is 5.91 Å². The number of sulfone groups is 1. The molecular formula is C32H36F2N4O8S. The van der Waals surface area contributed by atoms with Gasteiger partial charge in [-0.2, -0.15) is 0 Å². The van der Waals surface area contributed by atoms with Crippen molar-refractivity contribution < 1.29 is 45.8 Å². The molecule has 2 unspecified atom stereocenters. The third-order valence-corrected chi connectivity index (χ3v) is 10.1. The number of rotatable bonds is 11. The van der Waals surface area contributed by atoms with Gasteiger partial charge in [0.15, 0.2) is 21.3 Å². The van der Waals surface area contributed by atoms with Crippen molar-refractivity contribution in [3.8, 4) is 11.5 Å². The van der Waals surface area contributed by atoms with E-state index in [0.29, 0.717) is 30.2 Å². The fourth-order valence-electron chi connectivity index (χ4n) is 5.41. The number of nitrogens with zero attached hydrogens (tertiary/aromatic N) is 1. The number of carbonyl (C=O) groups excluding carboxylic acids is 3. The largest absolute Gasteiger partial charge is 0.493 e. The van der Waals surface area contributed by atoms with Gasteiger partial charge >= 0.3 is 6.09 Å². The number of carbonyl (C=O) groups is 3. The first kappa shape index (κ1) is 34.9. The lowest BCUT2D eigenvalue weighted by Crippen LogP contribution is -2.38. The topological polar surface area (TPSA) is 166 Å². The van der Waals surface area contributed by atoms with E-state index in [4.69, 9.17) is 15.2 Å². The summed E-state index contributed by atoms with van der Waals surface area (Å²) in [6.07, 6.45) is 0.0783. The zero-order valence-corrected chi connectivity index (χ0v) is 27.2. The second-order valence-corrected chi connectivity index (χ2v) is 13.5. The van der Waals surface area contributed by atoms with E-state index in [-0.39, 0.29) is 34.1 Å². The van der Waals surface area contributed by atoms with Crippen molar-refractivity contribution in [2.24, 2.45) is 5.73 Å². The number of benzene rings is 3. The van der Waals surface area contributed by atoms with Gasteiger partial charge in [-0.1, -0.05) is 6.07 Å². The lowest BCUT2D eigenvalue weighted by Gasteiger charge is -2.32. The lowest BCUT2D eigenvalue weighted by molar-refractivity contribution is -0.133. The minimum absolute atomic E-state index is 0.0149. The highest BCUT2D eigenvalue weighted by molar-refractivity contribution is 7.92. The molecule has 0 bridgehead atoms.